The van der Waals surface area contributed by atoms with Crippen molar-refractivity contribution in [3.05, 3.63) is 29.8 Å². The van der Waals surface area contributed by atoms with Crippen LogP contribution in [0.1, 0.15) is 11.4 Å². The Balaban J connectivity index is 2.34. The molecule has 2 N–H and O–H groups in total. The predicted octanol–water partition coefficient (Wildman–Crippen LogP) is 1.81. The first-order chi connectivity index (χ1) is 7.58. The van der Waals surface area contributed by atoms with Crippen LogP contribution in [0.5, 0.6) is 11.5 Å². The number of anilines is 1. The van der Waals surface area contributed by atoms with E-state index in [9.17, 15) is 0 Å². The molecule has 0 aliphatic rings. The number of nitrogens with zero attached hydrogens (tertiary/aromatic N) is 3. The van der Waals surface area contributed by atoms with E-state index in [0.717, 1.165) is 17.1 Å². The first kappa shape index (κ1) is 10.5. The van der Waals surface area contributed by atoms with Crippen LogP contribution in [0.25, 0.3) is 0 Å². The quantitative estimate of drug-likeness (QED) is 0.834. The molecular weight excluding hydrogens is 204 g/mol. The van der Waals surface area contributed by atoms with E-state index in [1.165, 1.54) is 0 Å². The third-order valence-corrected chi connectivity index (χ3v) is 2.40. The van der Waals surface area contributed by atoms with Crippen molar-refractivity contribution in [3.63, 3.8) is 0 Å². The lowest BCUT2D eigenvalue weighted by Crippen LogP contribution is -1.93. The molecule has 2 heterocycles. The Morgan fingerprint density at radius 2 is 2.06 bits per heavy atom. The minimum Gasteiger partial charge on any atom is -0.452 e. The maximum Gasteiger partial charge on any atom is 0.171 e. The summed E-state index contributed by atoms with van der Waals surface area (Å²) in [5, 5.41) is 4.27. The van der Waals surface area contributed by atoms with Crippen LogP contribution in [0, 0.1) is 13.8 Å². The van der Waals surface area contributed by atoms with E-state index in [4.69, 9.17) is 10.5 Å². The third-order valence-electron chi connectivity index (χ3n) is 2.40. The van der Waals surface area contributed by atoms with Crippen LogP contribution in [-0.2, 0) is 7.05 Å². The molecule has 0 atom stereocenters. The van der Waals surface area contributed by atoms with Crippen LogP contribution < -0.4 is 10.5 Å². The molecular formula is C11H14N4O. The number of nitrogen functional groups attached to an aromatic ring is 1. The highest BCUT2D eigenvalue weighted by Gasteiger charge is 2.11. The highest BCUT2D eigenvalue weighted by molar-refractivity contribution is 5.43. The third kappa shape index (κ3) is 1.84. The molecule has 2 aromatic rings. The monoisotopic (exact) mass is 218 g/mol. The Bertz CT molecular complexity index is 519. The van der Waals surface area contributed by atoms with Gasteiger partial charge in [-0.05, 0) is 13.8 Å². The zero-order valence-electron chi connectivity index (χ0n) is 9.56. The summed E-state index contributed by atoms with van der Waals surface area (Å²) in [4.78, 5) is 3.97. The van der Waals surface area contributed by atoms with Gasteiger partial charge in [-0.3, -0.25) is 9.67 Å². The van der Waals surface area contributed by atoms with Crippen LogP contribution >= 0.6 is 0 Å². The van der Waals surface area contributed by atoms with Crippen LogP contribution in [-0.4, -0.2) is 14.8 Å². The topological polar surface area (TPSA) is 66.0 Å². The molecule has 0 amide bonds. The molecule has 2 rings (SSSR count). The lowest BCUT2D eigenvalue weighted by atomic mass is 10.3. The number of nitrogens with two attached hydrogens (primary N) is 1. The van der Waals surface area contributed by atoms with Gasteiger partial charge in [0.25, 0.3) is 0 Å². The van der Waals surface area contributed by atoms with E-state index in [-0.39, 0.29) is 0 Å². The average molecular weight is 218 g/mol. The molecule has 5 heteroatoms. The minimum absolute atomic E-state index is 0.580. The zero-order chi connectivity index (χ0) is 11.7. The Hall–Kier alpha value is -2.04. The van der Waals surface area contributed by atoms with Crippen molar-refractivity contribution in [1.82, 2.24) is 14.8 Å². The average Bonchev–Trinajstić information content (AvgIpc) is 2.45. The van der Waals surface area contributed by atoms with E-state index in [1.54, 1.807) is 23.1 Å². The number of hydrogen-bond donors (Lipinski definition) is 1. The van der Waals surface area contributed by atoms with Gasteiger partial charge in [-0.25, -0.2) is 0 Å². The molecule has 5 nitrogen and oxygen atoms in total. The van der Waals surface area contributed by atoms with E-state index in [2.05, 4.69) is 10.1 Å². The van der Waals surface area contributed by atoms with Crippen molar-refractivity contribution >= 4 is 5.69 Å². The second-order valence-corrected chi connectivity index (χ2v) is 3.68. The second-order valence-electron chi connectivity index (χ2n) is 3.68. The summed E-state index contributed by atoms with van der Waals surface area (Å²) < 4.78 is 7.50. The molecule has 0 aliphatic carbocycles. The Morgan fingerprint density at radius 3 is 2.62 bits per heavy atom. The number of hydrogen-bond acceptors (Lipinski definition) is 4. The van der Waals surface area contributed by atoms with Gasteiger partial charge in [0.1, 0.15) is 11.4 Å². The van der Waals surface area contributed by atoms with Crippen molar-refractivity contribution in [2.45, 2.75) is 13.8 Å². The lowest BCUT2D eigenvalue weighted by Gasteiger charge is -2.05. The van der Waals surface area contributed by atoms with Crippen molar-refractivity contribution in [3.8, 4) is 11.5 Å². The summed E-state index contributed by atoms with van der Waals surface area (Å²) in [6.07, 6.45) is 3.21. The van der Waals surface area contributed by atoms with Gasteiger partial charge in [0.15, 0.2) is 5.75 Å². The van der Waals surface area contributed by atoms with E-state index < -0.39 is 0 Å². The van der Waals surface area contributed by atoms with Gasteiger partial charge in [0, 0.05) is 13.1 Å². The molecule has 84 valence electrons. The molecule has 2 aromatic heterocycles. The minimum atomic E-state index is 0.580. The summed E-state index contributed by atoms with van der Waals surface area (Å²) in [5.74, 6) is 1.38. The van der Waals surface area contributed by atoms with Crippen LogP contribution in [0.2, 0.25) is 0 Å². The lowest BCUT2D eigenvalue weighted by molar-refractivity contribution is 0.472. The first-order valence-electron chi connectivity index (χ1n) is 4.96. The summed E-state index contributed by atoms with van der Waals surface area (Å²) in [6, 6.07) is 1.74. The summed E-state index contributed by atoms with van der Waals surface area (Å²) >= 11 is 0. The van der Waals surface area contributed by atoms with Gasteiger partial charge in [0.2, 0.25) is 0 Å². The van der Waals surface area contributed by atoms with Crippen molar-refractivity contribution in [2.75, 3.05) is 5.73 Å². The Labute approximate surface area is 93.9 Å². The van der Waals surface area contributed by atoms with Crippen LogP contribution in [0.4, 0.5) is 5.69 Å². The number of pyridine rings is 1. The highest BCUT2D eigenvalue weighted by atomic mass is 16.5. The van der Waals surface area contributed by atoms with Crippen molar-refractivity contribution in [1.29, 1.82) is 0 Å². The standard InChI is InChI=1S/C11H14N4O/c1-7-11(8(2)15(3)14-7)16-10-4-9(12)5-13-6-10/h4-6H,12H2,1-3H3. The fraction of sp³-hybridized carbons (Fsp3) is 0.273. The fourth-order valence-corrected chi connectivity index (χ4v) is 1.51. The smallest absolute Gasteiger partial charge is 0.171 e. The van der Waals surface area contributed by atoms with Crippen LogP contribution in [0.15, 0.2) is 18.5 Å². The molecule has 0 saturated heterocycles. The largest absolute Gasteiger partial charge is 0.452 e. The van der Waals surface area contributed by atoms with Crippen molar-refractivity contribution in [2.24, 2.45) is 7.05 Å². The summed E-state index contributed by atoms with van der Waals surface area (Å²) in [7, 11) is 1.88. The molecule has 0 spiro atoms. The number of ether oxygens (including phenoxy) is 1. The van der Waals surface area contributed by atoms with Gasteiger partial charge < -0.3 is 10.5 Å². The predicted molar refractivity (Wildman–Crippen MR) is 61.4 cm³/mol. The molecule has 16 heavy (non-hydrogen) atoms. The Kier molecular flexibility index (Phi) is 2.52. The van der Waals surface area contributed by atoms with Gasteiger partial charge in [-0.2, -0.15) is 5.10 Å². The van der Waals surface area contributed by atoms with Crippen LogP contribution in [0.3, 0.4) is 0 Å². The summed E-state index contributed by atoms with van der Waals surface area (Å²) in [6.45, 7) is 3.86. The number of aromatic nitrogens is 3. The fourth-order valence-electron chi connectivity index (χ4n) is 1.51. The molecule has 0 unspecified atom stereocenters. The second kappa shape index (κ2) is 3.84. The maximum absolute atomic E-state index is 5.72. The van der Waals surface area contributed by atoms with Gasteiger partial charge in [-0.15, -0.1) is 0 Å². The number of rotatable bonds is 2. The zero-order valence-corrected chi connectivity index (χ0v) is 9.56. The van der Waals surface area contributed by atoms with Gasteiger partial charge in [-0.1, -0.05) is 0 Å². The van der Waals surface area contributed by atoms with E-state index in [0.29, 0.717) is 11.4 Å². The molecule has 0 fully saturated rings. The van der Waals surface area contributed by atoms with E-state index >= 15 is 0 Å². The summed E-state index contributed by atoms with van der Waals surface area (Å²) in [5.41, 5.74) is 8.03. The molecule has 0 saturated carbocycles. The molecule has 0 aliphatic heterocycles. The highest BCUT2D eigenvalue weighted by Crippen LogP contribution is 2.27. The van der Waals surface area contributed by atoms with E-state index in [1.807, 2.05) is 20.9 Å². The molecule has 0 aromatic carbocycles. The number of aryl methyl sites for hydroxylation is 2. The van der Waals surface area contributed by atoms with Gasteiger partial charge in [0.05, 0.1) is 23.8 Å². The maximum atomic E-state index is 5.72. The normalized spacial score (nSPS) is 10.4. The Morgan fingerprint density at radius 1 is 1.31 bits per heavy atom. The molecule has 0 radical (unpaired) electrons. The van der Waals surface area contributed by atoms with Crippen molar-refractivity contribution < 1.29 is 4.74 Å². The van der Waals surface area contributed by atoms with Gasteiger partial charge >= 0.3 is 0 Å². The first-order valence-corrected chi connectivity index (χ1v) is 4.96. The SMILES string of the molecule is Cc1nn(C)c(C)c1Oc1cncc(N)c1. The molecule has 0 bridgehead atoms.